The first-order chi connectivity index (χ1) is 18.5. The van der Waals surface area contributed by atoms with Gasteiger partial charge < -0.3 is 20.2 Å². The number of Topliss-reactive ketones (excluding diaryl/α,β-unsaturated/α-hetero) is 1. The first kappa shape index (κ1) is 22.9. The van der Waals surface area contributed by atoms with Gasteiger partial charge in [-0.25, -0.2) is 4.98 Å². The molecule has 2 bridgehead atoms. The lowest BCUT2D eigenvalue weighted by Gasteiger charge is -2.45. The Morgan fingerprint density at radius 2 is 1.76 bits per heavy atom. The van der Waals surface area contributed by atoms with E-state index in [2.05, 4.69) is 26.3 Å². The fourth-order valence-corrected chi connectivity index (χ4v) is 6.15. The summed E-state index contributed by atoms with van der Waals surface area (Å²) in [6.45, 7) is 4.84. The maximum absolute atomic E-state index is 13.6. The minimum Gasteiger partial charge on any atom is -0.379 e. The van der Waals surface area contributed by atoms with Crippen molar-refractivity contribution in [3.8, 4) is 22.5 Å². The minimum atomic E-state index is -0.174. The molecule has 190 valence electrons. The van der Waals surface area contributed by atoms with Crippen LogP contribution in [0.3, 0.4) is 0 Å². The number of aromatic nitrogens is 3. The molecule has 7 nitrogen and oxygen atoms in total. The van der Waals surface area contributed by atoms with Gasteiger partial charge in [-0.05, 0) is 80.2 Å². The average Bonchev–Trinajstić information content (AvgIpc) is 3.37. The number of para-hydroxylation sites is 2. The van der Waals surface area contributed by atoms with E-state index >= 15 is 0 Å². The molecule has 5 aromatic rings. The number of carbonyl (C=O) groups is 1. The summed E-state index contributed by atoms with van der Waals surface area (Å²) in [6, 6.07) is 21.8. The van der Waals surface area contributed by atoms with E-state index in [0.717, 1.165) is 58.4 Å². The van der Waals surface area contributed by atoms with Gasteiger partial charge in [-0.3, -0.25) is 9.59 Å². The molecular formula is C31H29N5O2. The number of pyridine rings is 1. The molecule has 0 radical (unpaired) electrons. The van der Waals surface area contributed by atoms with Crippen molar-refractivity contribution in [3.05, 3.63) is 82.6 Å². The van der Waals surface area contributed by atoms with E-state index in [1.165, 1.54) is 12.8 Å². The molecule has 0 unspecified atom stereocenters. The summed E-state index contributed by atoms with van der Waals surface area (Å²) in [5.74, 6) is 1.17. The Morgan fingerprint density at radius 3 is 2.53 bits per heavy atom. The molecule has 3 aliphatic rings. The number of anilines is 1. The third-order valence-electron chi connectivity index (χ3n) is 8.23. The highest BCUT2D eigenvalue weighted by atomic mass is 16.1. The van der Waals surface area contributed by atoms with Crippen molar-refractivity contribution in [1.82, 2.24) is 19.9 Å². The molecule has 2 aromatic heterocycles. The molecule has 7 heteroatoms. The van der Waals surface area contributed by atoms with Gasteiger partial charge in [-0.1, -0.05) is 36.4 Å². The highest BCUT2D eigenvalue weighted by molar-refractivity contribution is 6.01. The molecule has 5 heterocycles. The number of piperidine rings is 3. The van der Waals surface area contributed by atoms with Crippen molar-refractivity contribution in [2.24, 2.45) is 5.92 Å². The van der Waals surface area contributed by atoms with Gasteiger partial charge >= 0.3 is 0 Å². The van der Waals surface area contributed by atoms with E-state index in [0.29, 0.717) is 22.9 Å². The van der Waals surface area contributed by atoms with E-state index in [1.54, 1.807) is 6.92 Å². The number of carbonyl (C=O) groups excluding carboxylic acids is 1. The second kappa shape index (κ2) is 8.96. The highest BCUT2D eigenvalue weighted by Crippen LogP contribution is 2.37. The van der Waals surface area contributed by atoms with Crippen LogP contribution in [0.1, 0.15) is 30.1 Å². The molecule has 1 atom stereocenters. The van der Waals surface area contributed by atoms with Crippen LogP contribution >= 0.6 is 0 Å². The fraction of sp³-hybridized carbons (Fsp3) is 0.258. The molecule has 3 aromatic carbocycles. The Bertz CT molecular complexity index is 1730. The molecular weight excluding hydrogens is 474 g/mol. The van der Waals surface area contributed by atoms with Gasteiger partial charge in [-0.2, -0.15) is 0 Å². The number of aromatic amines is 2. The maximum Gasteiger partial charge on any atom is 0.261 e. The Balaban J connectivity index is 1.44. The molecule has 0 amide bonds. The largest absolute Gasteiger partial charge is 0.379 e. The Hall–Kier alpha value is -4.23. The zero-order valence-electron chi connectivity index (χ0n) is 21.3. The van der Waals surface area contributed by atoms with Crippen LogP contribution < -0.4 is 10.9 Å². The van der Waals surface area contributed by atoms with E-state index in [4.69, 9.17) is 4.98 Å². The highest BCUT2D eigenvalue weighted by Gasteiger charge is 2.35. The number of rotatable bonds is 5. The van der Waals surface area contributed by atoms with Crippen LogP contribution in [0, 0.1) is 5.92 Å². The van der Waals surface area contributed by atoms with E-state index in [-0.39, 0.29) is 17.4 Å². The van der Waals surface area contributed by atoms with Crippen LogP contribution in [-0.4, -0.2) is 51.3 Å². The Labute approximate surface area is 219 Å². The van der Waals surface area contributed by atoms with Crippen LogP contribution in [0.25, 0.3) is 44.5 Å². The summed E-state index contributed by atoms with van der Waals surface area (Å²) in [5.41, 5.74) is 6.28. The van der Waals surface area contributed by atoms with Gasteiger partial charge in [0.1, 0.15) is 11.4 Å². The number of hydrogen-bond donors (Lipinski definition) is 3. The normalized spacial score (nSPS) is 20.7. The third kappa shape index (κ3) is 3.90. The number of nitrogens with zero attached hydrogens (tertiary/aromatic N) is 2. The molecule has 3 aliphatic heterocycles. The lowest BCUT2D eigenvalue weighted by Crippen LogP contribution is -2.53. The van der Waals surface area contributed by atoms with Crippen LogP contribution in [0.4, 0.5) is 5.69 Å². The standard InChI is InChI=1S/C31H29N5O2/c1-18(37)20-5-4-6-21(15-20)22-9-10-24-23(16-22)29(32-27-17-36-13-11-19(27)12-14-36)28(31(38)35-24)30-33-25-7-2-3-8-26(25)34-30/h2-10,15-16,19,27H,11-14,17H2,1H3,(H,33,34)(H2,32,35,38)/t27-/m0/s1. The minimum absolute atomic E-state index is 0.0360. The number of fused-ring (bicyclic) bond motifs is 5. The van der Waals surface area contributed by atoms with Gasteiger partial charge in [0.05, 0.1) is 22.2 Å². The SMILES string of the molecule is CC(=O)c1cccc(-c2ccc3[nH]c(=O)c(-c4nc5ccccc5[nH]4)c(N[C@H]4CN5CCC4CC5)c3c2)c1. The Kier molecular flexibility index (Phi) is 5.40. The number of benzene rings is 3. The molecule has 38 heavy (non-hydrogen) atoms. The monoisotopic (exact) mass is 503 g/mol. The molecule has 8 rings (SSSR count). The molecule has 0 aliphatic carbocycles. The maximum atomic E-state index is 13.6. The van der Waals surface area contributed by atoms with E-state index < -0.39 is 0 Å². The topological polar surface area (TPSA) is 93.9 Å². The quantitative estimate of drug-likeness (QED) is 0.278. The number of H-pyrrole nitrogens is 2. The summed E-state index contributed by atoms with van der Waals surface area (Å²) in [4.78, 5) is 39.4. The summed E-state index contributed by atoms with van der Waals surface area (Å²) in [5, 5.41) is 4.77. The zero-order valence-corrected chi connectivity index (χ0v) is 21.3. The third-order valence-corrected chi connectivity index (χ3v) is 8.23. The van der Waals surface area contributed by atoms with Crippen LogP contribution in [0.15, 0.2) is 71.5 Å². The van der Waals surface area contributed by atoms with Crippen molar-refractivity contribution in [1.29, 1.82) is 0 Å². The smallest absolute Gasteiger partial charge is 0.261 e. The average molecular weight is 504 g/mol. The fourth-order valence-electron chi connectivity index (χ4n) is 6.15. The van der Waals surface area contributed by atoms with Crippen molar-refractivity contribution < 1.29 is 4.79 Å². The van der Waals surface area contributed by atoms with Gasteiger partial charge in [0.25, 0.3) is 5.56 Å². The van der Waals surface area contributed by atoms with Crippen molar-refractivity contribution in [3.63, 3.8) is 0 Å². The second-order valence-electron chi connectivity index (χ2n) is 10.6. The summed E-state index contributed by atoms with van der Waals surface area (Å²) >= 11 is 0. The summed E-state index contributed by atoms with van der Waals surface area (Å²) in [6.07, 6.45) is 2.34. The van der Waals surface area contributed by atoms with Crippen LogP contribution in [0.2, 0.25) is 0 Å². The van der Waals surface area contributed by atoms with Crippen molar-refractivity contribution in [2.45, 2.75) is 25.8 Å². The molecule has 0 spiro atoms. The summed E-state index contributed by atoms with van der Waals surface area (Å²) in [7, 11) is 0. The first-order valence-corrected chi connectivity index (χ1v) is 13.3. The lowest BCUT2D eigenvalue weighted by molar-refractivity contribution is 0.0976. The van der Waals surface area contributed by atoms with E-state index in [9.17, 15) is 9.59 Å². The van der Waals surface area contributed by atoms with Crippen molar-refractivity contribution in [2.75, 3.05) is 25.0 Å². The van der Waals surface area contributed by atoms with Crippen LogP contribution in [0.5, 0.6) is 0 Å². The number of ketones is 1. The number of imidazole rings is 1. The predicted molar refractivity (Wildman–Crippen MR) is 152 cm³/mol. The number of hydrogen-bond acceptors (Lipinski definition) is 5. The van der Waals surface area contributed by atoms with Crippen molar-refractivity contribution >= 4 is 33.4 Å². The molecule has 3 N–H and O–H groups in total. The van der Waals surface area contributed by atoms with Gasteiger partial charge in [-0.15, -0.1) is 0 Å². The Morgan fingerprint density at radius 1 is 0.947 bits per heavy atom. The predicted octanol–water partition coefficient (Wildman–Crippen LogP) is 5.45. The zero-order chi connectivity index (χ0) is 25.8. The summed E-state index contributed by atoms with van der Waals surface area (Å²) < 4.78 is 0. The second-order valence-corrected chi connectivity index (χ2v) is 10.6. The van der Waals surface area contributed by atoms with Crippen LogP contribution in [-0.2, 0) is 0 Å². The molecule has 0 saturated carbocycles. The van der Waals surface area contributed by atoms with Gasteiger partial charge in [0.15, 0.2) is 5.78 Å². The number of nitrogens with one attached hydrogen (secondary N) is 3. The van der Waals surface area contributed by atoms with Gasteiger partial charge in [0, 0.05) is 23.5 Å². The first-order valence-electron chi connectivity index (χ1n) is 13.3. The molecule has 3 fully saturated rings. The lowest BCUT2D eigenvalue weighted by atomic mass is 9.83. The van der Waals surface area contributed by atoms with E-state index in [1.807, 2.05) is 60.7 Å². The van der Waals surface area contributed by atoms with Gasteiger partial charge in [0.2, 0.25) is 0 Å². The molecule has 3 saturated heterocycles.